The number of nitrogens with zero attached hydrogens (tertiary/aromatic N) is 1. The van der Waals surface area contributed by atoms with Gasteiger partial charge in [-0.15, -0.1) is 0 Å². The number of hydrogen-bond donors (Lipinski definition) is 1. The highest BCUT2D eigenvalue weighted by molar-refractivity contribution is 7.88. The molecule has 28 heavy (non-hydrogen) atoms. The van der Waals surface area contributed by atoms with E-state index < -0.39 is 10.0 Å². The molecular formula is C20H30N2O5S. The highest BCUT2D eigenvalue weighted by Crippen LogP contribution is 2.54. The van der Waals surface area contributed by atoms with Gasteiger partial charge in [0.15, 0.2) is 11.5 Å². The third kappa shape index (κ3) is 3.87. The fraction of sp³-hybridized carbons (Fsp3) is 0.700. The molecule has 3 aliphatic heterocycles. The molecule has 0 aliphatic carbocycles. The number of nitrogens with one attached hydrogen (secondary N) is 1. The second-order valence-electron chi connectivity index (χ2n) is 8.39. The van der Waals surface area contributed by atoms with Gasteiger partial charge in [-0.05, 0) is 37.5 Å². The van der Waals surface area contributed by atoms with Crippen LogP contribution in [0.15, 0.2) is 18.2 Å². The van der Waals surface area contributed by atoms with Crippen molar-refractivity contribution >= 4 is 10.0 Å². The number of methoxy groups -OCH3 is 1. The van der Waals surface area contributed by atoms with Crippen LogP contribution < -0.4 is 14.2 Å². The molecule has 0 aromatic heterocycles. The first-order valence-corrected chi connectivity index (χ1v) is 11.8. The number of fused-ring (bicyclic) bond motifs is 1. The molecule has 1 N–H and O–H groups in total. The summed E-state index contributed by atoms with van der Waals surface area (Å²) in [5.74, 6) is 2.16. The second kappa shape index (κ2) is 7.48. The molecule has 8 heteroatoms. The molecule has 7 nitrogen and oxygen atoms in total. The van der Waals surface area contributed by atoms with Crippen LogP contribution in [0, 0.1) is 18.8 Å². The van der Waals surface area contributed by atoms with Gasteiger partial charge in [0.25, 0.3) is 0 Å². The minimum absolute atomic E-state index is 0.101. The van der Waals surface area contributed by atoms with E-state index >= 15 is 0 Å². The first kappa shape index (κ1) is 19.9. The zero-order valence-electron chi connectivity index (χ0n) is 16.8. The molecule has 0 saturated carbocycles. The van der Waals surface area contributed by atoms with Gasteiger partial charge in [-0.25, -0.2) is 13.1 Å². The van der Waals surface area contributed by atoms with Crippen LogP contribution in [0.25, 0.3) is 0 Å². The standard InChI is InChI=1S/C20H30N2O5S/c1-14-4-5-18(19(10-14)25-2)26-9-8-22-12-16-15(11-21-28(3,23)24)17-6-7-20(16,13-22)27-17/h4-5,10,15-17,21H,6-9,11-13H2,1-3H3/t15-,16+,17+,20+/m0/s1. The predicted octanol–water partition coefficient (Wildman–Crippen LogP) is 1.41. The van der Waals surface area contributed by atoms with E-state index in [0.29, 0.717) is 19.1 Å². The molecule has 4 atom stereocenters. The van der Waals surface area contributed by atoms with Crippen LogP contribution in [0.1, 0.15) is 18.4 Å². The highest BCUT2D eigenvalue weighted by atomic mass is 32.2. The van der Waals surface area contributed by atoms with E-state index in [2.05, 4.69) is 9.62 Å². The van der Waals surface area contributed by atoms with Gasteiger partial charge in [0.2, 0.25) is 10.0 Å². The van der Waals surface area contributed by atoms with Crippen LogP contribution in [0.3, 0.4) is 0 Å². The molecule has 0 radical (unpaired) electrons. The summed E-state index contributed by atoms with van der Waals surface area (Å²) in [6.07, 6.45) is 3.50. The Hall–Kier alpha value is -1.35. The number of hydrogen-bond acceptors (Lipinski definition) is 6. The summed E-state index contributed by atoms with van der Waals surface area (Å²) in [4.78, 5) is 2.39. The van der Waals surface area contributed by atoms with Gasteiger partial charge in [-0.2, -0.15) is 0 Å². The van der Waals surface area contributed by atoms with E-state index in [1.165, 1.54) is 6.26 Å². The van der Waals surface area contributed by atoms with E-state index in [1.807, 2.05) is 25.1 Å². The molecule has 3 saturated heterocycles. The third-order valence-corrected chi connectivity index (χ3v) is 7.11. The highest BCUT2D eigenvalue weighted by Gasteiger charge is 2.62. The van der Waals surface area contributed by atoms with Crippen molar-refractivity contribution in [3.8, 4) is 11.5 Å². The average Bonchev–Trinajstić information content (AvgIpc) is 3.28. The fourth-order valence-electron chi connectivity index (χ4n) is 5.16. The normalized spacial score (nSPS) is 31.9. The summed E-state index contributed by atoms with van der Waals surface area (Å²) < 4.78 is 43.4. The molecule has 2 bridgehead atoms. The average molecular weight is 411 g/mol. The van der Waals surface area contributed by atoms with Gasteiger partial charge < -0.3 is 14.2 Å². The van der Waals surface area contributed by atoms with Crippen LogP contribution in [0.2, 0.25) is 0 Å². The zero-order chi connectivity index (χ0) is 19.9. The minimum Gasteiger partial charge on any atom is -0.493 e. The van der Waals surface area contributed by atoms with E-state index in [-0.39, 0.29) is 17.6 Å². The Bertz CT molecular complexity index is 830. The first-order valence-electron chi connectivity index (χ1n) is 9.92. The smallest absolute Gasteiger partial charge is 0.208 e. The van der Waals surface area contributed by atoms with Crippen molar-refractivity contribution in [3.05, 3.63) is 23.8 Å². The first-order chi connectivity index (χ1) is 13.3. The lowest BCUT2D eigenvalue weighted by molar-refractivity contribution is 0.00202. The van der Waals surface area contributed by atoms with Crippen molar-refractivity contribution < 1.29 is 22.6 Å². The van der Waals surface area contributed by atoms with Gasteiger partial charge >= 0.3 is 0 Å². The largest absolute Gasteiger partial charge is 0.493 e. The Labute approximate surface area is 167 Å². The SMILES string of the molecule is COc1cc(C)ccc1OCCN1C[C@@H]2[C@H](CNS(C)(=O)=O)[C@H]3CC[C@]2(C1)O3. The number of likely N-dealkylation sites (tertiary alicyclic amines) is 1. The molecule has 3 heterocycles. The predicted molar refractivity (Wildman–Crippen MR) is 106 cm³/mol. The molecule has 156 valence electrons. The summed E-state index contributed by atoms with van der Waals surface area (Å²) >= 11 is 0. The Balaban J connectivity index is 1.34. The van der Waals surface area contributed by atoms with Crippen LogP contribution in [-0.2, 0) is 14.8 Å². The van der Waals surface area contributed by atoms with E-state index in [1.54, 1.807) is 7.11 Å². The van der Waals surface area contributed by atoms with Crippen molar-refractivity contribution in [1.82, 2.24) is 9.62 Å². The summed E-state index contributed by atoms with van der Waals surface area (Å²) in [5, 5.41) is 0. The Morgan fingerprint density at radius 1 is 1.36 bits per heavy atom. The van der Waals surface area contributed by atoms with Gasteiger partial charge in [-0.1, -0.05) is 6.07 Å². The second-order valence-corrected chi connectivity index (χ2v) is 10.2. The van der Waals surface area contributed by atoms with E-state index in [4.69, 9.17) is 14.2 Å². The molecule has 3 fully saturated rings. The van der Waals surface area contributed by atoms with Crippen LogP contribution >= 0.6 is 0 Å². The topological polar surface area (TPSA) is 77.1 Å². The number of rotatable bonds is 8. The Morgan fingerprint density at radius 3 is 2.93 bits per heavy atom. The maximum absolute atomic E-state index is 11.5. The van der Waals surface area contributed by atoms with Crippen LogP contribution in [0.4, 0.5) is 0 Å². The molecule has 0 unspecified atom stereocenters. The fourth-order valence-corrected chi connectivity index (χ4v) is 5.65. The summed E-state index contributed by atoms with van der Waals surface area (Å²) in [6, 6.07) is 5.94. The molecular weight excluding hydrogens is 380 g/mol. The van der Waals surface area contributed by atoms with Crippen molar-refractivity contribution in [1.29, 1.82) is 0 Å². The maximum atomic E-state index is 11.5. The van der Waals surface area contributed by atoms with E-state index in [9.17, 15) is 8.42 Å². The summed E-state index contributed by atoms with van der Waals surface area (Å²) in [5.41, 5.74) is 1.04. The van der Waals surface area contributed by atoms with Crippen molar-refractivity contribution in [3.63, 3.8) is 0 Å². The van der Waals surface area contributed by atoms with Crippen molar-refractivity contribution in [2.45, 2.75) is 31.5 Å². The van der Waals surface area contributed by atoms with E-state index in [0.717, 1.165) is 49.5 Å². The lowest BCUT2D eigenvalue weighted by Gasteiger charge is -2.29. The zero-order valence-corrected chi connectivity index (χ0v) is 17.6. The Morgan fingerprint density at radius 2 is 2.18 bits per heavy atom. The maximum Gasteiger partial charge on any atom is 0.208 e. The monoisotopic (exact) mass is 410 g/mol. The quantitative estimate of drug-likeness (QED) is 0.698. The summed E-state index contributed by atoms with van der Waals surface area (Å²) in [7, 11) is -1.52. The number of aryl methyl sites for hydroxylation is 1. The molecule has 0 amide bonds. The molecule has 1 aromatic rings. The lowest BCUT2D eigenvalue weighted by Crippen LogP contribution is -2.41. The van der Waals surface area contributed by atoms with Gasteiger partial charge in [0, 0.05) is 38.0 Å². The molecule has 4 rings (SSSR count). The van der Waals surface area contributed by atoms with Gasteiger partial charge in [0.1, 0.15) is 6.61 Å². The number of ether oxygens (including phenoxy) is 3. The third-order valence-electron chi connectivity index (χ3n) is 6.42. The molecule has 1 spiro atoms. The molecule has 3 aliphatic rings. The van der Waals surface area contributed by atoms with Crippen LogP contribution in [-0.4, -0.2) is 71.2 Å². The Kier molecular flexibility index (Phi) is 5.33. The lowest BCUT2D eigenvalue weighted by atomic mass is 9.74. The van der Waals surface area contributed by atoms with Crippen molar-refractivity contribution in [2.24, 2.45) is 11.8 Å². The van der Waals surface area contributed by atoms with Gasteiger partial charge in [-0.3, -0.25) is 4.90 Å². The number of sulfonamides is 1. The van der Waals surface area contributed by atoms with Crippen molar-refractivity contribution in [2.75, 3.05) is 46.2 Å². The number of benzene rings is 1. The van der Waals surface area contributed by atoms with Crippen LogP contribution in [0.5, 0.6) is 11.5 Å². The summed E-state index contributed by atoms with van der Waals surface area (Å²) in [6.45, 7) is 5.73. The minimum atomic E-state index is -3.18. The molecule has 1 aromatic carbocycles. The van der Waals surface area contributed by atoms with Gasteiger partial charge in [0.05, 0.1) is 25.1 Å².